The lowest BCUT2D eigenvalue weighted by atomic mass is 10.1. The average Bonchev–Trinajstić information content (AvgIpc) is 3.12. The Kier molecular flexibility index (Phi) is 3.87. The molecule has 25 heavy (non-hydrogen) atoms. The van der Waals surface area contributed by atoms with Crippen LogP contribution in [0, 0.1) is 0 Å². The second kappa shape index (κ2) is 6.33. The van der Waals surface area contributed by atoms with E-state index in [0.717, 1.165) is 24.2 Å². The maximum Gasteiger partial charge on any atom is 0.303 e. The summed E-state index contributed by atoms with van der Waals surface area (Å²) in [5.74, 6) is 5.52. The Bertz CT molecular complexity index is 926. The van der Waals surface area contributed by atoms with E-state index >= 15 is 0 Å². The number of anilines is 2. The summed E-state index contributed by atoms with van der Waals surface area (Å²) >= 11 is 0. The van der Waals surface area contributed by atoms with Crippen molar-refractivity contribution in [2.75, 3.05) is 11.4 Å². The van der Waals surface area contributed by atoms with Crippen LogP contribution in [0.4, 0.5) is 11.5 Å². The smallest absolute Gasteiger partial charge is 0.303 e. The van der Waals surface area contributed by atoms with Gasteiger partial charge in [-0.05, 0) is 18.1 Å². The van der Waals surface area contributed by atoms with E-state index < -0.39 is 5.91 Å². The first-order chi connectivity index (χ1) is 12.3. The summed E-state index contributed by atoms with van der Waals surface area (Å²) in [5, 5.41) is 0. The molecule has 0 spiro atoms. The number of hydrogen-bond donors (Lipinski definition) is 2. The molecule has 124 valence electrons. The van der Waals surface area contributed by atoms with Crippen molar-refractivity contribution in [1.29, 1.82) is 0 Å². The maximum absolute atomic E-state index is 12.0. The third-order valence-electron chi connectivity index (χ3n) is 4.28. The van der Waals surface area contributed by atoms with Crippen LogP contribution in [0.3, 0.4) is 0 Å². The summed E-state index contributed by atoms with van der Waals surface area (Å²) in [7, 11) is 0. The van der Waals surface area contributed by atoms with Crippen molar-refractivity contribution in [3.8, 4) is 11.3 Å². The molecule has 2 heterocycles. The lowest BCUT2D eigenvalue weighted by Crippen LogP contribution is -2.32. The average molecular weight is 331 g/mol. The van der Waals surface area contributed by atoms with Crippen molar-refractivity contribution in [2.24, 2.45) is 5.84 Å². The topological polar surface area (TPSA) is 84.1 Å². The molecular formula is C19H17N5O. The molecule has 4 rings (SSSR count). The molecule has 1 aromatic heterocycles. The van der Waals surface area contributed by atoms with Gasteiger partial charge in [-0.1, -0.05) is 48.5 Å². The van der Waals surface area contributed by atoms with Crippen LogP contribution in [0.2, 0.25) is 0 Å². The number of amides is 1. The summed E-state index contributed by atoms with van der Waals surface area (Å²) < 4.78 is 0. The van der Waals surface area contributed by atoms with Crippen LogP contribution in [0.5, 0.6) is 0 Å². The fourth-order valence-electron chi connectivity index (χ4n) is 3.07. The number of benzene rings is 2. The molecule has 6 nitrogen and oxygen atoms in total. The van der Waals surface area contributed by atoms with Crippen LogP contribution in [0.15, 0.2) is 60.7 Å². The van der Waals surface area contributed by atoms with E-state index in [4.69, 9.17) is 5.84 Å². The molecule has 0 atom stereocenters. The highest BCUT2D eigenvalue weighted by Crippen LogP contribution is 2.34. The second-order valence-corrected chi connectivity index (χ2v) is 5.80. The molecule has 0 saturated carbocycles. The summed E-state index contributed by atoms with van der Waals surface area (Å²) in [4.78, 5) is 22.9. The Morgan fingerprint density at radius 1 is 1.04 bits per heavy atom. The molecule has 0 bridgehead atoms. The number of fused-ring (bicyclic) bond motifs is 1. The number of nitrogen functional groups attached to an aromatic ring is 1. The largest absolute Gasteiger partial charge is 0.326 e. The normalized spacial score (nSPS) is 12.8. The molecule has 0 saturated heterocycles. The highest BCUT2D eigenvalue weighted by Gasteiger charge is 2.23. The number of para-hydroxylation sites is 1. The lowest BCUT2D eigenvalue weighted by molar-refractivity contribution is 0.0943. The first kappa shape index (κ1) is 15.3. The molecule has 1 aliphatic rings. The van der Waals surface area contributed by atoms with Gasteiger partial charge < -0.3 is 4.90 Å². The monoisotopic (exact) mass is 331 g/mol. The van der Waals surface area contributed by atoms with Crippen molar-refractivity contribution in [3.05, 3.63) is 72.1 Å². The quantitative estimate of drug-likeness (QED) is 0.437. The van der Waals surface area contributed by atoms with E-state index in [9.17, 15) is 4.79 Å². The molecule has 0 unspecified atom stereocenters. The molecule has 6 heteroatoms. The van der Waals surface area contributed by atoms with Crippen molar-refractivity contribution < 1.29 is 4.79 Å². The lowest BCUT2D eigenvalue weighted by Gasteiger charge is -2.19. The second-order valence-electron chi connectivity index (χ2n) is 5.80. The number of aromatic nitrogens is 2. The van der Waals surface area contributed by atoms with Gasteiger partial charge in [-0.25, -0.2) is 15.8 Å². The zero-order valence-electron chi connectivity index (χ0n) is 13.5. The third kappa shape index (κ3) is 2.83. The highest BCUT2D eigenvalue weighted by molar-refractivity contribution is 5.91. The van der Waals surface area contributed by atoms with Crippen LogP contribution in [0.1, 0.15) is 16.2 Å². The first-order valence-corrected chi connectivity index (χ1v) is 8.07. The van der Waals surface area contributed by atoms with Crippen molar-refractivity contribution in [2.45, 2.75) is 6.42 Å². The van der Waals surface area contributed by atoms with Gasteiger partial charge in [-0.2, -0.15) is 0 Å². The van der Waals surface area contributed by atoms with E-state index in [2.05, 4.69) is 32.4 Å². The number of hydrogen-bond acceptors (Lipinski definition) is 5. The molecule has 3 N–H and O–H groups in total. The molecule has 1 aliphatic heterocycles. The van der Waals surface area contributed by atoms with Crippen molar-refractivity contribution in [1.82, 2.24) is 15.4 Å². The Labute approximate surface area is 145 Å². The molecule has 0 aliphatic carbocycles. The van der Waals surface area contributed by atoms with Crippen LogP contribution >= 0.6 is 0 Å². The minimum absolute atomic E-state index is 0.0586. The molecule has 0 fully saturated rings. The Hall–Kier alpha value is -3.25. The summed E-state index contributed by atoms with van der Waals surface area (Å²) in [5.41, 5.74) is 6.11. The SMILES string of the molecule is NNC(=O)c1nc(-c2ccccc2)cc(N2CCc3ccccc32)n1. The van der Waals surface area contributed by atoms with Crippen LogP contribution < -0.4 is 16.2 Å². The standard InChI is InChI=1S/C19H17N5O/c20-23-19(25)18-21-15(13-6-2-1-3-7-13)12-17(22-18)24-11-10-14-8-4-5-9-16(14)24/h1-9,12H,10-11,20H2,(H,23,25). The molecular weight excluding hydrogens is 314 g/mol. The predicted molar refractivity (Wildman–Crippen MR) is 96.3 cm³/mol. The minimum Gasteiger partial charge on any atom is -0.326 e. The van der Waals surface area contributed by atoms with E-state index in [1.165, 1.54) is 5.56 Å². The number of carbonyl (C=O) groups excluding carboxylic acids is 1. The first-order valence-electron chi connectivity index (χ1n) is 8.07. The maximum atomic E-state index is 12.0. The van der Waals surface area contributed by atoms with Gasteiger partial charge in [0.25, 0.3) is 0 Å². The van der Waals surface area contributed by atoms with Crippen LogP contribution in [-0.2, 0) is 6.42 Å². The van der Waals surface area contributed by atoms with E-state index in [1.54, 1.807) is 0 Å². The van der Waals surface area contributed by atoms with Gasteiger partial charge in [0.05, 0.1) is 5.69 Å². The zero-order valence-corrected chi connectivity index (χ0v) is 13.5. The Balaban J connectivity index is 1.84. The molecule has 3 aromatic rings. The third-order valence-corrected chi connectivity index (χ3v) is 4.28. The number of hydrazine groups is 1. The molecule has 0 radical (unpaired) electrons. The van der Waals surface area contributed by atoms with Crippen molar-refractivity contribution >= 4 is 17.4 Å². The van der Waals surface area contributed by atoms with Gasteiger partial charge in [0.2, 0.25) is 5.82 Å². The fraction of sp³-hybridized carbons (Fsp3) is 0.105. The Morgan fingerprint density at radius 3 is 2.60 bits per heavy atom. The van der Waals surface area contributed by atoms with Gasteiger partial charge in [-0.15, -0.1) is 0 Å². The molecule has 2 aromatic carbocycles. The van der Waals surface area contributed by atoms with Crippen LogP contribution in [-0.4, -0.2) is 22.4 Å². The zero-order chi connectivity index (χ0) is 17.2. The van der Waals surface area contributed by atoms with Gasteiger partial charge in [0.15, 0.2) is 0 Å². The number of nitrogens with zero attached hydrogens (tertiary/aromatic N) is 3. The number of carbonyl (C=O) groups is 1. The fourth-order valence-corrected chi connectivity index (χ4v) is 3.07. The van der Waals surface area contributed by atoms with Gasteiger partial charge in [-0.3, -0.25) is 10.2 Å². The number of rotatable bonds is 3. The summed E-state index contributed by atoms with van der Waals surface area (Å²) in [6.45, 7) is 0.814. The number of nitrogens with two attached hydrogens (primary N) is 1. The van der Waals surface area contributed by atoms with Gasteiger partial charge in [0, 0.05) is 23.9 Å². The Morgan fingerprint density at radius 2 is 1.80 bits per heavy atom. The highest BCUT2D eigenvalue weighted by atomic mass is 16.2. The summed E-state index contributed by atoms with van der Waals surface area (Å²) in [6, 6.07) is 19.8. The van der Waals surface area contributed by atoms with Gasteiger partial charge in [0.1, 0.15) is 5.82 Å². The number of nitrogens with one attached hydrogen (secondary N) is 1. The van der Waals surface area contributed by atoms with Gasteiger partial charge >= 0.3 is 5.91 Å². The summed E-state index contributed by atoms with van der Waals surface area (Å²) in [6.07, 6.45) is 0.944. The van der Waals surface area contributed by atoms with E-state index in [-0.39, 0.29) is 5.82 Å². The minimum atomic E-state index is -0.508. The van der Waals surface area contributed by atoms with Crippen LogP contribution in [0.25, 0.3) is 11.3 Å². The predicted octanol–water partition coefficient (Wildman–Crippen LogP) is 2.44. The molecule has 1 amide bonds. The van der Waals surface area contributed by atoms with Crippen molar-refractivity contribution in [3.63, 3.8) is 0 Å². The van der Waals surface area contributed by atoms with E-state index in [0.29, 0.717) is 11.5 Å². The van der Waals surface area contributed by atoms with E-state index in [1.807, 2.05) is 48.5 Å².